The van der Waals surface area contributed by atoms with Gasteiger partial charge in [0.15, 0.2) is 0 Å². The van der Waals surface area contributed by atoms with Crippen LogP contribution in [-0.4, -0.2) is 80.2 Å². The first-order valence-electron chi connectivity index (χ1n) is 15.3. The van der Waals surface area contributed by atoms with Gasteiger partial charge in [0.2, 0.25) is 24.1 Å². The first-order valence-corrected chi connectivity index (χ1v) is 15.7. The number of nitrogens with zero attached hydrogens (tertiary/aromatic N) is 2. The molecule has 10 heteroatoms. The number of carbonyl (C=O) groups excluding carboxylic acids is 4. The Bertz CT molecular complexity index is 1400. The molecule has 4 amide bonds. The lowest BCUT2D eigenvalue weighted by Crippen LogP contribution is -2.60. The standard InChI is InChI=1S/C33H39ClN4O3.C2H5NO/c1-3-4-17-35-21-25-8-12-27(13-9-25)28-7-5-6-26(19-28)20-30-33(41)38(23-32(40)37(30)2)22-31(39)36-18-16-24-10-14-29(34)15-11-24;1-3-2-4/h5-15,19,30,35H,3-4,16-18,20-23H2,1-2H3,(H,36,39);2H,1H3,(H,3,4)/t30-;/m0./s1. The van der Waals surface area contributed by atoms with Crippen LogP contribution in [-0.2, 0) is 38.6 Å². The van der Waals surface area contributed by atoms with Gasteiger partial charge in [-0.2, -0.15) is 0 Å². The van der Waals surface area contributed by atoms with Crippen molar-refractivity contribution in [3.05, 3.63) is 94.5 Å². The second-order valence-electron chi connectivity index (χ2n) is 11.0. The van der Waals surface area contributed by atoms with Crippen LogP contribution in [0, 0.1) is 0 Å². The van der Waals surface area contributed by atoms with E-state index in [1.54, 1.807) is 14.1 Å². The summed E-state index contributed by atoms with van der Waals surface area (Å²) in [5, 5.41) is 9.23. The monoisotopic (exact) mass is 633 g/mol. The quantitative estimate of drug-likeness (QED) is 0.185. The number of rotatable bonds is 14. The maximum absolute atomic E-state index is 13.4. The van der Waals surface area contributed by atoms with Crippen LogP contribution in [0.3, 0.4) is 0 Å². The molecule has 45 heavy (non-hydrogen) atoms. The molecule has 0 radical (unpaired) electrons. The summed E-state index contributed by atoms with van der Waals surface area (Å²) in [4.78, 5) is 50.7. The van der Waals surface area contributed by atoms with E-state index < -0.39 is 6.04 Å². The predicted octanol–water partition coefficient (Wildman–Crippen LogP) is 3.83. The fourth-order valence-corrected chi connectivity index (χ4v) is 5.06. The lowest BCUT2D eigenvalue weighted by atomic mass is 9.97. The highest BCUT2D eigenvalue weighted by atomic mass is 35.5. The number of hydrogen-bond donors (Lipinski definition) is 3. The Kier molecular flexibility index (Phi) is 14.6. The zero-order chi connectivity index (χ0) is 32.6. The van der Waals surface area contributed by atoms with Crippen molar-refractivity contribution in [2.24, 2.45) is 0 Å². The SMILES string of the molecule is CCCCNCc1ccc(-c2cccc(C[C@H]3C(=O)N(CC(=O)NCCc4ccc(Cl)cc4)CC(=O)N3C)c2)cc1.CNC=O. The Hall–Kier alpha value is -4.21. The second-order valence-corrected chi connectivity index (χ2v) is 11.4. The number of unbranched alkanes of at least 4 members (excludes halogenated alkanes) is 1. The predicted molar refractivity (Wildman–Crippen MR) is 179 cm³/mol. The van der Waals surface area contributed by atoms with Crippen molar-refractivity contribution >= 4 is 35.7 Å². The fraction of sp³-hybridized carbons (Fsp3) is 0.371. The Labute approximate surface area is 271 Å². The Balaban J connectivity index is 0.00000130. The summed E-state index contributed by atoms with van der Waals surface area (Å²) in [6.07, 6.45) is 4.00. The molecule has 1 aliphatic rings. The number of hydrogen-bond acceptors (Lipinski definition) is 5. The number of likely N-dealkylation sites (N-methyl/N-ethyl adjacent to an activating group) is 1. The van der Waals surface area contributed by atoms with Gasteiger partial charge in [-0.15, -0.1) is 0 Å². The van der Waals surface area contributed by atoms with Gasteiger partial charge in [-0.25, -0.2) is 0 Å². The van der Waals surface area contributed by atoms with E-state index in [1.807, 2.05) is 36.4 Å². The topological polar surface area (TPSA) is 111 Å². The Morgan fingerprint density at radius 1 is 0.956 bits per heavy atom. The van der Waals surface area contributed by atoms with Gasteiger partial charge in [-0.05, 0) is 59.3 Å². The third-order valence-electron chi connectivity index (χ3n) is 7.56. The molecule has 9 nitrogen and oxygen atoms in total. The van der Waals surface area contributed by atoms with E-state index in [-0.39, 0.29) is 30.8 Å². The molecule has 3 aromatic rings. The molecule has 1 fully saturated rings. The van der Waals surface area contributed by atoms with Gasteiger partial charge in [-0.3, -0.25) is 19.2 Å². The third-order valence-corrected chi connectivity index (χ3v) is 7.82. The number of carbonyl (C=O) groups is 4. The average molecular weight is 634 g/mol. The minimum atomic E-state index is -0.662. The van der Waals surface area contributed by atoms with Gasteiger partial charge in [0.05, 0.1) is 0 Å². The summed E-state index contributed by atoms with van der Waals surface area (Å²) in [6.45, 7) is 4.24. The minimum Gasteiger partial charge on any atom is -0.362 e. The largest absolute Gasteiger partial charge is 0.362 e. The third kappa shape index (κ3) is 11.3. The molecule has 1 atom stereocenters. The summed E-state index contributed by atoms with van der Waals surface area (Å²) in [5.41, 5.74) is 5.41. The summed E-state index contributed by atoms with van der Waals surface area (Å²) in [6, 6.07) is 23.4. The number of halogens is 1. The van der Waals surface area contributed by atoms with E-state index in [9.17, 15) is 14.4 Å². The normalized spacial score (nSPS) is 14.4. The highest BCUT2D eigenvalue weighted by Crippen LogP contribution is 2.23. The number of benzene rings is 3. The van der Waals surface area contributed by atoms with Gasteiger partial charge in [0.1, 0.15) is 19.1 Å². The molecule has 0 saturated carbocycles. The van der Waals surface area contributed by atoms with Gasteiger partial charge >= 0.3 is 0 Å². The van der Waals surface area contributed by atoms with Crippen LogP contribution in [0.5, 0.6) is 0 Å². The van der Waals surface area contributed by atoms with E-state index in [2.05, 4.69) is 59.3 Å². The summed E-state index contributed by atoms with van der Waals surface area (Å²) in [5.74, 6) is -0.678. The van der Waals surface area contributed by atoms with E-state index in [0.29, 0.717) is 30.8 Å². The van der Waals surface area contributed by atoms with E-state index >= 15 is 0 Å². The Morgan fingerprint density at radius 2 is 1.64 bits per heavy atom. The van der Waals surface area contributed by atoms with E-state index in [1.165, 1.54) is 28.2 Å². The number of piperazine rings is 1. The first kappa shape index (κ1) is 35.3. The molecule has 0 spiro atoms. The van der Waals surface area contributed by atoms with E-state index in [4.69, 9.17) is 16.4 Å². The number of nitrogens with one attached hydrogen (secondary N) is 3. The molecular formula is C35H44ClN5O4. The zero-order valence-corrected chi connectivity index (χ0v) is 27.1. The van der Waals surface area contributed by atoms with Gasteiger partial charge in [-0.1, -0.05) is 85.6 Å². The van der Waals surface area contributed by atoms with Crippen LogP contribution in [0.15, 0.2) is 72.8 Å². The molecule has 0 aromatic heterocycles. The van der Waals surface area contributed by atoms with Gasteiger partial charge in [0.25, 0.3) is 0 Å². The molecule has 1 saturated heterocycles. The van der Waals surface area contributed by atoms with Crippen molar-refractivity contribution in [2.75, 3.05) is 40.3 Å². The van der Waals surface area contributed by atoms with E-state index in [0.717, 1.165) is 35.3 Å². The smallest absolute Gasteiger partial charge is 0.246 e. The van der Waals surface area contributed by atoms with Crippen molar-refractivity contribution < 1.29 is 19.2 Å². The van der Waals surface area contributed by atoms with Crippen LogP contribution in [0.2, 0.25) is 5.02 Å². The summed E-state index contributed by atoms with van der Waals surface area (Å²) >= 11 is 5.93. The molecule has 1 heterocycles. The number of amides is 4. The maximum Gasteiger partial charge on any atom is 0.246 e. The fourth-order valence-electron chi connectivity index (χ4n) is 4.94. The van der Waals surface area contributed by atoms with Crippen LogP contribution < -0.4 is 16.0 Å². The van der Waals surface area contributed by atoms with Crippen molar-refractivity contribution in [1.82, 2.24) is 25.8 Å². The van der Waals surface area contributed by atoms with Gasteiger partial charge in [0, 0.05) is 38.6 Å². The summed E-state index contributed by atoms with van der Waals surface area (Å²) < 4.78 is 0. The molecular weight excluding hydrogens is 590 g/mol. The van der Waals surface area contributed by atoms with Crippen LogP contribution in [0.1, 0.15) is 36.5 Å². The maximum atomic E-state index is 13.4. The van der Waals surface area contributed by atoms with Crippen molar-refractivity contribution in [3.63, 3.8) is 0 Å². The van der Waals surface area contributed by atoms with Gasteiger partial charge < -0.3 is 25.8 Å². The van der Waals surface area contributed by atoms with Crippen LogP contribution in [0.25, 0.3) is 11.1 Å². The molecule has 0 aliphatic carbocycles. The Morgan fingerprint density at radius 3 is 2.31 bits per heavy atom. The van der Waals surface area contributed by atoms with Crippen molar-refractivity contribution in [3.8, 4) is 11.1 Å². The molecule has 1 aliphatic heterocycles. The molecule has 240 valence electrons. The first-order chi connectivity index (χ1) is 21.7. The van der Waals surface area contributed by atoms with Crippen LogP contribution in [0.4, 0.5) is 0 Å². The molecule has 4 rings (SSSR count). The molecule has 0 bridgehead atoms. The molecule has 3 N–H and O–H groups in total. The highest BCUT2D eigenvalue weighted by Gasteiger charge is 2.38. The lowest BCUT2D eigenvalue weighted by molar-refractivity contribution is -0.155. The second kappa shape index (κ2) is 18.6. The molecule has 0 unspecified atom stereocenters. The van der Waals surface area contributed by atoms with Crippen molar-refractivity contribution in [2.45, 2.75) is 45.2 Å². The lowest BCUT2D eigenvalue weighted by Gasteiger charge is -2.38. The average Bonchev–Trinajstić information content (AvgIpc) is 3.05. The van der Waals surface area contributed by atoms with Crippen molar-refractivity contribution in [1.29, 1.82) is 0 Å². The van der Waals surface area contributed by atoms with Crippen LogP contribution >= 0.6 is 11.6 Å². The summed E-state index contributed by atoms with van der Waals surface area (Å²) in [7, 11) is 3.22. The zero-order valence-electron chi connectivity index (χ0n) is 26.4. The molecule has 3 aromatic carbocycles. The minimum absolute atomic E-state index is 0.101. The highest BCUT2D eigenvalue weighted by molar-refractivity contribution is 6.30.